The van der Waals surface area contributed by atoms with Crippen molar-refractivity contribution in [1.29, 1.82) is 0 Å². The van der Waals surface area contributed by atoms with Gasteiger partial charge in [-0.05, 0) is 37.1 Å². The third-order valence-electron chi connectivity index (χ3n) is 4.91. The van der Waals surface area contributed by atoms with Crippen LogP contribution >= 0.6 is 0 Å². The summed E-state index contributed by atoms with van der Waals surface area (Å²) in [5.41, 5.74) is 2.27. The van der Waals surface area contributed by atoms with Gasteiger partial charge in [-0.3, -0.25) is 9.59 Å². The van der Waals surface area contributed by atoms with Crippen LogP contribution in [-0.2, 0) is 0 Å². The topological polar surface area (TPSA) is 65.2 Å². The maximum atomic E-state index is 12.7. The first-order valence-electron chi connectivity index (χ1n) is 8.93. The van der Waals surface area contributed by atoms with Gasteiger partial charge in [0.2, 0.25) is 0 Å². The van der Waals surface area contributed by atoms with Crippen molar-refractivity contribution >= 4 is 22.7 Å². The molecule has 0 saturated carbocycles. The van der Waals surface area contributed by atoms with Gasteiger partial charge in [0, 0.05) is 35.6 Å². The maximum Gasteiger partial charge on any atom is 0.270 e. The van der Waals surface area contributed by atoms with Gasteiger partial charge in [0.1, 0.15) is 5.69 Å². The molecule has 0 aliphatic carbocycles. The molecule has 1 saturated heterocycles. The van der Waals surface area contributed by atoms with Gasteiger partial charge >= 0.3 is 0 Å². The number of H-pyrrole nitrogens is 1. The number of para-hydroxylation sites is 1. The summed E-state index contributed by atoms with van der Waals surface area (Å²) >= 11 is 0. The molecule has 0 radical (unpaired) electrons. The Kier molecular flexibility index (Phi) is 4.44. The minimum Gasteiger partial charge on any atom is -0.351 e. The average Bonchev–Trinajstić information content (AvgIpc) is 3.13. The monoisotopic (exact) mass is 347 g/mol. The average molecular weight is 347 g/mol. The molecule has 2 aromatic carbocycles. The summed E-state index contributed by atoms with van der Waals surface area (Å²) in [4.78, 5) is 30.0. The quantitative estimate of drug-likeness (QED) is 0.764. The molecule has 4 rings (SSSR count). The SMILES string of the molecule is O=C(NC1CCN(C(=O)c2cc3ccccc3[nH]2)CC1)c1ccccc1. The molecule has 26 heavy (non-hydrogen) atoms. The largest absolute Gasteiger partial charge is 0.351 e. The molecule has 0 unspecified atom stereocenters. The van der Waals surface area contributed by atoms with E-state index in [0.717, 1.165) is 23.7 Å². The van der Waals surface area contributed by atoms with E-state index in [1.807, 2.05) is 65.6 Å². The second-order valence-corrected chi connectivity index (χ2v) is 6.68. The summed E-state index contributed by atoms with van der Waals surface area (Å²) in [5.74, 6) is -0.0278. The van der Waals surface area contributed by atoms with E-state index in [0.29, 0.717) is 24.3 Å². The van der Waals surface area contributed by atoms with E-state index in [-0.39, 0.29) is 17.9 Å². The van der Waals surface area contributed by atoms with E-state index in [1.54, 1.807) is 0 Å². The lowest BCUT2D eigenvalue weighted by Gasteiger charge is -2.32. The molecule has 132 valence electrons. The molecule has 0 spiro atoms. The maximum absolute atomic E-state index is 12.7. The Morgan fingerprint density at radius 2 is 1.65 bits per heavy atom. The fourth-order valence-corrected chi connectivity index (χ4v) is 3.44. The zero-order chi connectivity index (χ0) is 17.9. The second kappa shape index (κ2) is 7.04. The van der Waals surface area contributed by atoms with Gasteiger partial charge in [0.15, 0.2) is 0 Å². The lowest BCUT2D eigenvalue weighted by Crippen LogP contribution is -2.46. The predicted octanol–water partition coefficient (Wildman–Crippen LogP) is 3.20. The standard InChI is InChI=1S/C21H21N3O2/c25-20(15-6-2-1-3-7-15)22-17-10-12-24(13-11-17)21(26)19-14-16-8-4-5-9-18(16)23-19/h1-9,14,17,23H,10-13H2,(H,22,25). The number of amides is 2. The van der Waals surface area contributed by atoms with Crippen LogP contribution in [0.2, 0.25) is 0 Å². The Bertz CT molecular complexity index is 892. The number of rotatable bonds is 3. The number of aromatic nitrogens is 1. The molecule has 0 bridgehead atoms. The van der Waals surface area contributed by atoms with Crippen LogP contribution in [0.25, 0.3) is 10.9 Å². The molecule has 5 heteroatoms. The summed E-state index contributed by atoms with van der Waals surface area (Å²) in [6.45, 7) is 1.29. The first-order chi connectivity index (χ1) is 12.7. The summed E-state index contributed by atoms with van der Waals surface area (Å²) in [6.07, 6.45) is 1.54. The number of carbonyl (C=O) groups excluding carboxylic acids is 2. The molecule has 2 amide bonds. The number of fused-ring (bicyclic) bond motifs is 1. The third-order valence-corrected chi connectivity index (χ3v) is 4.91. The van der Waals surface area contributed by atoms with Crippen molar-refractivity contribution in [2.24, 2.45) is 0 Å². The van der Waals surface area contributed by atoms with Crippen LogP contribution in [0.15, 0.2) is 60.7 Å². The van der Waals surface area contributed by atoms with Crippen molar-refractivity contribution in [3.63, 3.8) is 0 Å². The summed E-state index contributed by atoms with van der Waals surface area (Å²) in [6, 6.07) is 19.1. The Morgan fingerprint density at radius 1 is 0.962 bits per heavy atom. The minimum atomic E-state index is -0.0500. The van der Waals surface area contributed by atoms with Crippen molar-refractivity contribution < 1.29 is 9.59 Å². The molecule has 1 fully saturated rings. The van der Waals surface area contributed by atoms with Crippen LogP contribution in [0.5, 0.6) is 0 Å². The zero-order valence-electron chi connectivity index (χ0n) is 14.4. The highest BCUT2D eigenvalue weighted by atomic mass is 16.2. The first kappa shape index (κ1) is 16.4. The van der Waals surface area contributed by atoms with Gasteiger partial charge in [-0.15, -0.1) is 0 Å². The number of hydrogen-bond acceptors (Lipinski definition) is 2. The van der Waals surface area contributed by atoms with E-state index >= 15 is 0 Å². The molecular weight excluding hydrogens is 326 g/mol. The van der Waals surface area contributed by atoms with Crippen molar-refractivity contribution in [2.45, 2.75) is 18.9 Å². The summed E-state index contributed by atoms with van der Waals surface area (Å²) < 4.78 is 0. The smallest absolute Gasteiger partial charge is 0.270 e. The summed E-state index contributed by atoms with van der Waals surface area (Å²) in [7, 11) is 0. The van der Waals surface area contributed by atoms with Gasteiger partial charge < -0.3 is 15.2 Å². The van der Waals surface area contributed by atoms with Crippen LogP contribution in [0.3, 0.4) is 0 Å². The first-order valence-corrected chi connectivity index (χ1v) is 8.93. The Labute approximate surface area is 152 Å². The normalized spacial score (nSPS) is 15.2. The number of aromatic amines is 1. The fourth-order valence-electron chi connectivity index (χ4n) is 3.44. The van der Waals surface area contributed by atoms with Gasteiger partial charge in [-0.25, -0.2) is 0 Å². The van der Waals surface area contributed by atoms with Crippen molar-refractivity contribution in [3.8, 4) is 0 Å². The van der Waals surface area contributed by atoms with Crippen LogP contribution in [-0.4, -0.2) is 40.8 Å². The number of hydrogen-bond donors (Lipinski definition) is 2. The molecule has 1 aromatic heterocycles. The zero-order valence-corrected chi connectivity index (χ0v) is 14.4. The molecule has 1 aliphatic rings. The molecule has 1 aliphatic heterocycles. The molecule has 2 N–H and O–H groups in total. The predicted molar refractivity (Wildman–Crippen MR) is 101 cm³/mol. The number of carbonyl (C=O) groups is 2. The van der Waals surface area contributed by atoms with Gasteiger partial charge in [0.25, 0.3) is 11.8 Å². The van der Waals surface area contributed by atoms with Gasteiger partial charge in [-0.1, -0.05) is 36.4 Å². The van der Waals surface area contributed by atoms with E-state index in [9.17, 15) is 9.59 Å². The van der Waals surface area contributed by atoms with Crippen LogP contribution in [0, 0.1) is 0 Å². The number of benzene rings is 2. The number of piperidine rings is 1. The van der Waals surface area contributed by atoms with Crippen LogP contribution in [0.1, 0.15) is 33.7 Å². The molecule has 2 heterocycles. The second-order valence-electron chi connectivity index (χ2n) is 6.68. The summed E-state index contributed by atoms with van der Waals surface area (Å²) in [5, 5.41) is 4.11. The minimum absolute atomic E-state index is 0.0223. The highest BCUT2D eigenvalue weighted by molar-refractivity contribution is 5.98. The van der Waals surface area contributed by atoms with Crippen LogP contribution < -0.4 is 5.32 Å². The lowest BCUT2D eigenvalue weighted by atomic mass is 10.0. The Hall–Kier alpha value is -3.08. The third kappa shape index (κ3) is 3.33. The lowest BCUT2D eigenvalue weighted by molar-refractivity contribution is 0.0693. The number of likely N-dealkylation sites (tertiary alicyclic amines) is 1. The van der Waals surface area contributed by atoms with Gasteiger partial charge in [0.05, 0.1) is 0 Å². The highest BCUT2D eigenvalue weighted by Crippen LogP contribution is 2.18. The van der Waals surface area contributed by atoms with Crippen molar-refractivity contribution in [3.05, 3.63) is 71.9 Å². The molecule has 3 aromatic rings. The van der Waals surface area contributed by atoms with Gasteiger partial charge in [-0.2, -0.15) is 0 Å². The van der Waals surface area contributed by atoms with E-state index in [1.165, 1.54) is 0 Å². The number of nitrogens with one attached hydrogen (secondary N) is 2. The number of nitrogens with zero attached hydrogens (tertiary/aromatic N) is 1. The molecule has 0 atom stereocenters. The van der Waals surface area contributed by atoms with E-state index in [2.05, 4.69) is 10.3 Å². The van der Waals surface area contributed by atoms with E-state index in [4.69, 9.17) is 0 Å². The Balaban J connectivity index is 1.35. The van der Waals surface area contributed by atoms with Crippen molar-refractivity contribution in [1.82, 2.24) is 15.2 Å². The van der Waals surface area contributed by atoms with Crippen LogP contribution in [0.4, 0.5) is 0 Å². The Morgan fingerprint density at radius 3 is 2.38 bits per heavy atom. The van der Waals surface area contributed by atoms with Crippen molar-refractivity contribution in [2.75, 3.05) is 13.1 Å². The van der Waals surface area contributed by atoms with E-state index < -0.39 is 0 Å². The molecular formula is C21H21N3O2. The molecule has 5 nitrogen and oxygen atoms in total. The fraction of sp³-hybridized carbons (Fsp3) is 0.238. The highest BCUT2D eigenvalue weighted by Gasteiger charge is 2.25.